The molecular formula is C15H17N3O3. The maximum atomic E-state index is 11.4. The Hall–Kier alpha value is -2.81. The van der Waals surface area contributed by atoms with E-state index >= 15 is 0 Å². The van der Waals surface area contributed by atoms with Crippen molar-refractivity contribution in [2.45, 2.75) is 20.3 Å². The maximum Gasteiger partial charge on any atom is 0.350 e. The van der Waals surface area contributed by atoms with E-state index < -0.39 is 5.97 Å². The van der Waals surface area contributed by atoms with Gasteiger partial charge in [0.15, 0.2) is 5.57 Å². The first-order valence-corrected chi connectivity index (χ1v) is 6.54. The Bertz CT molecular complexity index is 571. The molecule has 0 aromatic heterocycles. The van der Waals surface area contributed by atoms with Crippen LogP contribution >= 0.6 is 0 Å². The van der Waals surface area contributed by atoms with Crippen LogP contribution in [-0.4, -0.2) is 18.5 Å². The minimum Gasteiger partial charge on any atom is -0.462 e. The predicted molar refractivity (Wildman–Crippen MR) is 79.3 cm³/mol. The molecule has 0 atom stereocenters. The highest BCUT2D eigenvalue weighted by Crippen LogP contribution is 2.14. The van der Waals surface area contributed by atoms with E-state index in [-0.39, 0.29) is 18.1 Å². The molecule has 110 valence electrons. The molecule has 0 aliphatic heterocycles. The molecule has 6 heteroatoms. The molecule has 1 amide bonds. The molecule has 0 saturated heterocycles. The van der Waals surface area contributed by atoms with Crippen LogP contribution in [-0.2, 0) is 14.3 Å². The number of hydrogen-bond acceptors (Lipinski definition) is 5. The molecule has 0 unspecified atom stereocenters. The van der Waals surface area contributed by atoms with Gasteiger partial charge in [-0.15, -0.1) is 0 Å². The number of rotatable bonds is 6. The third-order valence-corrected chi connectivity index (χ3v) is 2.49. The van der Waals surface area contributed by atoms with E-state index in [1.807, 2.05) is 0 Å². The van der Waals surface area contributed by atoms with Crippen LogP contribution in [0.5, 0.6) is 0 Å². The third-order valence-electron chi connectivity index (χ3n) is 2.49. The zero-order valence-electron chi connectivity index (χ0n) is 12.0. The van der Waals surface area contributed by atoms with E-state index in [0.717, 1.165) is 0 Å². The number of carbonyl (C=O) groups is 2. The minimum atomic E-state index is -0.667. The summed E-state index contributed by atoms with van der Waals surface area (Å²) in [5, 5.41) is 14.4. The Balaban J connectivity index is 2.69. The number of amides is 1. The van der Waals surface area contributed by atoms with Crippen molar-refractivity contribution >= 4 is 23.3 Å². The summed E-state index contributed by atoms with van der Waals surface area (Å²) in [5.41, 5.74) is 1.25. The standard InChI is InChI=1S/C15H17N3O3/c1-3-14(19)18-13-7-5-12(6-8-13)17-10-11(9-16)15(20)21-4-2/h5-8,10,17H,3-4H2,1-2H3,(H,18,19)/b11-10-. The quantitative estimate of drug-likeness (QED) is 0.476. The van der Waals surface area contributed by atoms with E-state index in [4.69, 9.17) is 10.00 Å². The van der Waals surface area contributed by atoms with Gasteiger partial charge in [-0.3, -0.25) is 4.79 Å². The Labute approximate surface area is 123 Å². The number of anilines is 2. The summed E-state index contributed by atoms with van der Waals surface area (Å²) in [6, 6.07) is 8.66. The lowest BCUT2D eigenvalue weighted by Crippen LogP contribution is -2.09. The fraction of sp³-hybridized carbons (Fsp3) is 0.267. The van der Waals surface area contributed by atoms with Gasteiger partial charge in [0, 0.05) is 24.0 Å². The van der Waals surface area contributed by atoms with Crippen LogP contribution in [0.2, 0.25) is 0 Å². The molecular weight excluding hydrogens is 270 g/mol. The van der Waals surface area contributed by atoms with E-state index in [1.54, 1.807) is 44.2 Å². The number of ether oxygens (including phenoxy) is 1. The number of carbonyl (C=O) groups excluding carboxylic acids is 2. The first kappa shape index (κ1) is 16.2. The molecule has 1 aromatic carbocycles. The number of hydrogen-bond donors (Lipinski definition) is 2. The van der Waals surface area contributed by atoms with Gasteiger partial charge >= 0.3 is 5.97 Å². The average Bonchev–Trinajstić information content (AvgIpc) is 2.49. The normalized spacial score (nSPS) is 10.4. The van der Waals surface area contributed by atoms with Gasteiger partial charge in [0.2, 0.25) is 5.91 Å². The zero-order chi connectivity index (χ0) is 15.7. The molecule has 0 spiro atoms. The van der Waals surface area contributed by atoms with E-state index in [9.17, 15) is 9.59 Å². The lowest BCUT2D eigenvalue weighted by atomic mass is 10.2. The second kappa shape index (κ2) is 8.38. The van der Waals surface area contributed by atoms with Gasteiger partial charge in [0.25, 0.3) is 0 Å². The Morgan fingerprint density at radius 3 is 2.38 bits per heavy atom. The predicted octanol–water partition coefficient (Wildman–Crippen LogP) is 2.42. The van der Waals surface area contributed by atoms with E-state index in [2.05, 4.69) is 10.6 Å². The molecule has 0 radical (unpaired) electrons. The Kier molecular flexibility index (Phi) is 6.48. The van der Waals surface area contributed by atoms with Gasteiger partial charge in [-0.05, 0) is 31.2 Å². The number of benzene rings is 1. The fourth-order valence-corrected chi connectivity index (χ4v) is 1.40. The summed E-state index contributed by atoms with van der Waals surface area (Å²) < 4.78 is 4.74. The molecule has 1 aromatic rings. The average molecular weight is 287 g/mol. The summed E-state index contributed by atoms with van der Waals surface area (Å²) in [7, 11) is 0. The molecule has 0 bridgehead atoms. The molecule has 2 N–H and O–H groups in total. The Morgan fingerprint density at radius 2 is 1.86 bits per heavy atom. The smallest absolute Gasteiger partial charge is 0.350 e. The SMILES string of the molecule is CCOC(=O)/C(C#N)=C\Nc1ccc(NC(=O)CC)cc1. The van der Waals surface area contributed by atoms with Gasteiger partial charge in [-0.1, -0.05) is 6.92 Å². The first-order chi connectivity index (χ1) is 10.1. The molecule has 0 aliphatic rings. The highest BCUT2D eigenvalue weighted by Gasteiger charge is 2.09. The van der Waals surface area contributed by atoms with Crippen LogP contribution in [0.4, 0.5) is 11.4 Å². The second-order valence-electron chi connectivity index (χ2n) is 4.01. The van der Waals surface area contributed by atoms with Gasteiger partial charge in [0.05, 0.1) is 6.61 Å². The van der Waals surface area contributed by atoms with Crippen LogP contribution < -0.4 is 10.6 Å². The zero-order valence-corrected chi connectivity index (χ0v) is 12.0. The number of nitrogens with one attached hydrogen (secondary N) is 2. The molecule has 0 fully saturated rings. The van der Waals surface area contributed by atoms with Crippen molar-refractivity contribution in [3.05, 3.63) is 36.0 Å². The van der Waals surface area contributed by atoms with Crippen molar-refractivity contribution in [1.29, 1.82) is 5.26 Å². The summed E-state index contributed by atoms with van der Waals surface area (Å²) >= 11 is 0. The number of esters is 1. The van der Waals surface area contributed by atoms with Crippen molar-refractivity contribution in [3.63, 3.8) is 0 Å². The summed E-state index contributed by atoms with van der Waals surface area (Å²) in [6.07, 6.45) is 1.70. The van der Waals surface area contributed by atoms with Crippen molar-refractivity contribution in [3.8, 4) is 6.07 Å². The summed E-state index contributed by atoms with van der Waals surface area (Å²) in [5.74, 6) is -0.732. The van der Waals surface area contributed by atoms with Crippen molar-refractivity contribution < 1.29 is 14.3 Å². The van der Waals surface area contributed by atoms with Gasteiger partial charge in [-0.2, -0.15) is 5.26 Å². The van der Waals surface area contributed by atoms with Crippen LogP contribution in [0.25, 0.3) is 0 Å². The molecule has 0 aliphatic carbocycles. The maximum absolute atomic E-state index is 11.4. The lowest BCUT2D eigenvalue weighted by Gasteiger charge is -2.06. The highest BCUT2D eigenvalue weighted by atomic mass is 16.5. The highest BCUT2D eigenvalue weighted by molar-refractivity contribution is 5.93. The number of nitrogens with zero attached hydrogens (tertiary/aromatic N) is 1. The Morgan fingerprint density at radius 1 is 1.24 bits per heavy atom. The number of nitriles is 1. The van der Waals surface area contributed by atoms with Crippen molar-refractivity contribution in [2.75, 3.05) is 17.2 Å². The molecule has 1 rings (SSSR count). The largest absolute Gasteiger partial charge is 0.462 e. The van der Waals surface area contributed by atoms with Crippen LogP contribution in [0.3, 0.4) is 0 Å². The molecule has 21 heavy (non-hydrogen) atoms. The van der Waals surface area contributed by atoms with Gasteiger partial charge in [0.1, 0.15) is 6.07 Å². The fourth-order valence-electron chi connectivity index (χ4n) is 1.40. The second-order valence-corrected chi connectivity index (χ2v) is 4.01. The minimum absolute atomic E-state index is 0.0651. The van der Waals surface area contributed by atoms with Gasteiger partial charge in [-0.25, -0.2) is 4.79 Å². The van der Waals surface area contributed by atoms with Crippen LogP contribution in [0.15, 0.2) is 36.0 Å². The van der Waals surface area contributed by atoms with Crippen molar-refractivity contribution in [1.82, 2.24) is 0 Å². The lowest BCUT2D eigenvalue weighted by molar-refractivity contribution is -0.138. The van der Waals surface area contributed by atoms with Crippen molar-refractivity contribution in [2.24, 2.45) is 0 Å². The molecule has 0 saturated carbocycles. The molecule has 6 nitrogen and oxygen atoms in total. The topological polar surface area (TPSA) is 91.2 Å². The van der Waals surface area contributed by atoms with E-state index in [1.165, 1.54) is 6.20 Å². The monoisotopic (exact) mass is 287 g/mol. The first-order valence-electron chi connectivity index (χ1n) is 6.54. The third kappa shape index (κ3) is 5.37. The van der Waals surface area contributed by atoms with Crippen LogP contribution in [0.1, 0.15) is 20.3 Å². The van der Waals surface area contributed by atoms with E-state index in [0.29, 0.717) is 17.8 Å². The molecule has 0 heterocycles. The summed E-state index contributed by atoms with van der Waals surface area (Å²) in [4.78, 5) is 22.6. The van der Waals surface area contributed by atoms with Crippen LogP contribution in [0, 0.1) is 11.3 Å². The van der Waals surface area contributed by atoms with Gasteiger partial charge < -0.3 is 15.4 Å². The summed E-state index contributed by atoms with van der Waals surface area (Å²) in [6.45, 7) is 3.65.